The van der Waals surface area contributed by atoms with Gasteiger partial charge in [0.15, 0.2) is 0 Å². The topological polar surface area (TPSA) is 67.8 Å². The Hall–Kier alpha value is -3.09. The van der Waals surface area contributed by atoms with Gasteiger partial charge in [-0.05, 0) is 24.3 Å². The maximum Gasteiger partial charge on any atom is 0.268 e. The molecule has 7 heteroatoms. The minimum absolute atomic E-state index is 0. The first-order chi connectivity index (χ1) is 13.6. The molecule has 5 rings (SSSR count). The van der Waals surface area contributed by atoms with Crippen LogP contribution in [0.5, 0.6) is 0 Å². The zero-order valence-corrected chi connectivity index (χ0v) is 16.1. The standard InChI is InChI=1S/C21H14ClN3O2S.H2/c22-18-12-24-21-16(10-11-23-21)20(18)17-13-25(19-9-5-4-8-15(17)19)28(26,27)14-6-2-1-3-7-14;/h1-13H,(H,23,24);1H. The third-order valence-corrected chi connectivity index (χ3v) is 6.76. The molecule has 0 aliphatic rings. The van der Waals surface area contributed by atoms with Gasteiger partial charge >= 0.3 is 0 Å². The van der Waals surface area contributed by atoms with Crippen LogP contribution in [-0.4, -0.2) is 22.4 Å². The first-order valence-corrected chi connectivity index (χ1v) is 10.4. The van der Waals surface area contributed by atoms with Crippen LogP contribution in [0.3, 0.4) is 0 Å². The molecule has 0 aliphatic carbocycles. The van der Waals surface area contributed by atoms with Crippen LogP contribution in [0, 0.1) is 0 Å². The Labute approximate surface area is 167 Å². The number of para-hydroxylation sites is 1. The van der Waals surface area contributed by atoms with Gasteiger partial charge < -0.3 is 4.98 Å². The molecule has 0 bridgehead atoms. The molecule has 0 radical (unpaired) electrons. The number of hydrogen-bond donors (Lipinski definition) is 1. The largest absolute Gasteiger partial charge is 0.346 e. The van der Waals surface area contributed by atoms with Crippen LogP contribution in [0.25, 0.3) is 33.1 Å². The summed E-state index contributed by atoms with van der Waals surface area (Å²) in [4.78, 5) is 7.60. The van der Waals surface area contributed by atoms with Gasteiger partial charge in [0.2, 0.25) is 0 Å². The number of fused-ring (bicyclic) bond motifs is 2. The number of rotatable bonds is 3. The van der Waals surface area contributed by atoms with Gasteiger partial charge in [-0.1, -0.05) is 48.0 Å². The Morgan fingerprint density at radius 2 is 1.71 bits per heavy atom. The van der Waals surface area contributed by atoms with Crippen molar-refractivity contribution in [3.05, 3.63) is 84.3 Å². The average molecular weight is 410 g/mol. The van der Waals surface area contributed by atoms with Gasteiger partial charge in [0, 0.05) is 41.9 Å². The minimum atomic E-state index is -3.76. The van der Waals surface area contributed by atoms with E-state index in [9.17, 15) is 8.42 Å². The molecular weight excluding hydrogens is 394 g/mol. The van der Waals surface area contributed by atoms with E-state index in [4.69, 9.17) is 11.6 Å². The van der Waals surface area contributed by atoms with Crippen LogP contribution in [0.1, 0.15) is 1.43 Å². The van der Waals surface area contributed by atoms with E-state index in [1.165, 1.54) is 3.97 Å². The highest BCUT2D eigenvalue weighted by Crippen LogP contribution is 2.39. The molecule has 0 saturated carbocycles. The Balaban J connectivity index is 0.00000205. The molecule has 0 saturated heterocycles. The Morgan fingerprint density at radius 3 is 2.54 bits per heavy atom. The number of benzene rings is 2. The summed E-state index contributed by atoms with van der Waals surface area (Å²) in [6.45, 7) is 0. The second-order valence-electron chi connectivity index (χ2n) is 6.39. The number of pyridine rings is 1. The van der Waals surface area contributed by atoms with Crippen LogP contribution in [0.15, 0.2) is 84.1 Å². The van der Waals surface area contributed by atoms with Crippen molar-refractivity contribution in [3.8, 4) is 11.1 Å². The monoisotopic (exact) mass is 409 g/mol. The van der Waals surface area contributed by atoms with Crippen molar-refractivity contribution in [1.29, 1.82) is 0 Å². The summed E-state index contributed by atoms with van der Waals surface area (Å²) < 4.78 is 27.9. The quantitative estimate of drug-likeness (QED) is 0.438. The fourth-order valence-corrected chi connectivity index (χ4v) is 5.15. The normalized spacial score (nSPS) is 12.0. The fraction of sp³-hybridized carbons (Fsp3) is 0. The molecule has 0 unspecified atom stereocenters. The Bertz CT molecular complexity index is 1440. The van der Waals surface area contributed by atoms with Crippen molar-refractivity contribution in [2.24, 2.45) is 0 Å². The van der Waals surface area contributed by atoms with Crippen LogP contribution in [-0.2, 0) is 10.0 Å². The van der Waals surface area contributed by atoms with Crippen molar-refractivity contribution in [1.82, 2.24) is 13.9 Å². The molecule has 5 nitrogen and oxygen atoms in total. The lowest BCUT2D eigenvalue weighted by atomic mass is 10.0. The van der Waals surface area contributed by atoms with E-state index in [-0.39, 0.29) is 6.32 Å². The molecule has 0 atom stereocenters. The number of nitrogens with zero attached hydrogens (tertiary/aromatic N) is 2. The highest BCUT2D eigenvalue weighted by atomic mass is 35.5. The molecule has 0 spiro atoms. The van der Waals surface area contributed by atoms with Crippen molar-refractivity contribution in [3.63, 3.8) is 0 Å². The Morgan fingerprint density at radius 1 is 0.964 bits per heavy atom. The molecule has 3 aromatic heterocycles. The fourth-order valence-electron chi connectivity index (χ4n) is 3.51. The van der Waals surface area contributed by atoms with Gasteiger partial charge in [-0.3, -0.25) is 0 Å². The van der Waals surface area contributed by atoms with E-state index >= 15 is 0 Å². The van der Waals surface area contributed by atoms with Crippen molar-refractivity contribution in [2.75, 3.05) is 0 Å². The van der Waals surface area contributed by atoms with Gasteiger partial charge in [-0.25, -0.2) is 17.4 Å². The first kappa shape index (κ1) is 17.0. The maximum atomic E-state index is 13.3. The molecule has 1 N–H and O–H groups in total. The summed E-state index contributed by atoms with van der Waals surface area (Å²) in [5, 5.41) is 2.11. The summed E-state index contributed by atoms with van der Waals surface area (Å²) in [6, 6.07) is 17.7. The zero-order chi connectivity index (χ0) is 19.3. The summed E-state index contributed by atoms with van der Waals surface area (Å²) in [6.07, 6.45) is 5.01. The Kier molecular flexibility index (Phi) is 3.79. The molecule has 2 aromatic carbocycles. The summed E-state index contributed by atoms with van der Waals surface area (Å²) >= 11 is 6.50. The number of hydrogen-bond acceptors (Lipinski definition) is 3. The zero-order valence-electron chi connectivity index (χ0n) is 14.5. The van der Waals surface area contributed by atoms with Gasteiger partial charge in [0.25, 0.3) is 10.0 Å². The molecule has 3 heterocycles. The van der Waals surface area contributed by atoms with E-state index < -0.39 is 10.0 Å². The van der Waals surface area contributed by atoms with Gasteiger partial charge in [0.1, 0.15) is 5.65 Å². The van der Waals surface area contributed by atoms with E-state index in [1.807, 2.05) is 24.3 Å². The first-order valence-electron chi connectivity index (χ1n) is 8.60. The highest BCUT2D eigenvalue weighted by molar-refractivity contribution is 7.90. The third-order valence-electron chi connectivity index (χ3n) is 4.79. The number of nitrogens with one attached hydrogen (secondary N) is 1. The van der Waals surface area contributed by atoms with E-state index in [1.54, 1.807) is 55.0 Å². The highest BCUT2D eigenvalue weighted by Gasteiger charge is 2.23. The number of aromatic amines is 1. The van der Waals surface area contributed by atoms with Crippen LogP contribution in [0.4, 0.5) is 0 Å². The van der Waals surface area contributed by atoms with Crippen molar-refractivity contribution < 1.29 is 9.84 Å². The molecule has 140 valence electrons. The maximum absolute atomic E-state index is 13.3. The number of H-pyrrole nitrogens is 1. The van der Waals surface area contributed by atoms with E-state index in [0.717, 1.165) is 21.9 Å². The van der Waals surface area contributed by atoms with Gasteiger partial charge in [0.05, 0.1) is 15.4 Å². The minimum Gasteiger partial charge on any atom is -0.346 e. The van der Waals surface area contributed by atoms with Crippen molar-refractivity contribution >= 4 is 43.6 Å². The van der Waals surface area contributed by atoms with E-state index in [2.05, 4.69) is 9.97 Å². The number of aromatic nitrogens is 3. The predicted molar refractivity (Wildman–Crippen MR) is 113 cm³/mol. The predicted octanol–water partition coefficient (Wildman–Crippen LogP) is 5.32. The van der Waals surface area contributed by atoms with E-state index in [0.29, 0.717) is 16.2 Å². The van der Waals surface area contributed by atoms with Crippen LogP contribution < -0.4 is 0 Å². The smallest absolute Gasteiger partial charge is 0.268 e. The van der Waals surface area contributed by atoms with Crippen LogP contribution >= 0.6 is 11.6 Å². The molecule has 0 amide bonds. The van der Waals surface area contributed by atoms with Crippen molar-refractivity contribution in [2.45, 2.75) is 4.90 Å². The van der Waals surface area contributed by atoms with Crippen LogP contribution in [0.2, 0.25) is 5.02 Å². The molecule has 5 aromatic rings. The summed E-state index contributed by atoms with van der Waals surface area (Å²) in [7, 11) is -3.76. The SMILES string of the molecule is O=S(=O)(c1ccccc1)n1cc(-c2c(Cl)cnc3[nH]ccc23)c2ccccc21.[HH]. The molecule has 0 fully saturated rings. The van der Waals surface area contributed by atoms with Gasteiger partial charge in [-0.2, -0.15) is 0 Å². The second-order valence-corrected chi connectivity index (χ2v) is 8.62. The number of halogens is 1. The lowest BCUT2D eigenvalue weighted by molar-refractivity contribution is 0.589. The average Bonchev–Trinajstić information content (AvgIpc) is 3.34. The second kappa shape index (κ2) is 6.22. The lowest BCUT2D eigenvalue weighted by Crippen LogP contribution is -2.11. The molecule has 28 heavy (non-hydrogen) atoms. The molecular formula is C21H16ClN3O2S. The summed E-state index contributed by atoms with van der Waals surface area (Å²) in [5.74, 6) is 0. The van der Waals surface area contributed by atoms with Gasteiger partial charge in [-0.15, -0.1) is 0 Å². The molecule has 0 aliphatic heterocycles. The lowest BCUT2D eigenvalue weighted by Gasteiger charge is -2.07. The summed E-state index contributed by atoms with van der Waals surface area (Å²) in [5.41, 5.74) is 2.79. The third kappa shape index (κ3) is 2.46.